The summed E-state index contributed by atoms with van der Waals surface area (Å²) in [7, 11) is 0. The van der Waals surface area contributed by atoms with E-state index < -0.39 is 47.4 Å². The largest absolute Gasteiger partial charge is 0.508 e. The standard InChI is InChI=1S/C19H20ClN3O9/c1-10-8-22(18(26)21-17(10)25)16-7-14(15(9-24)31-16)32-19(27)30-6-5-11-12(20)3-2-4-13(11)23(28)29/h2-4,8,14-16,24H,5-7,9H2,1H3,(H,21,25,26)/t14?,15-,16-/m1/s1. The number of aromatic amines is 1. The first kappa shape index (κ1) is 23.4. The van der Waals surface area contributed by atoms with Gasteiger partial charge in [0.05, 0.1) is 28.7 Å². The summed E-state index contributed by atoms with van der Waals surface area (Å²) in [6, 6.07) is 4.23. The smallest absolute Gasteiger partial charge is 0.434 e. The van der Waals surface area contributed by atoms with Crippen molar-refractivity contribution >= 4 is 23.4 Å². The number of nitro groups is 1. The fourth-order valence-electron chi connectivity index (χ4n) is 3.32. The van der Waals surface area contributed by atoms with Crippen LogP contribution in [0.2, 0.25) is 5.02 Å². The van der Waals surface area contributed by atoms with Crippen molar-refractivity contribution in [1.29, 1.82) is 0 Å². The third-order valence-corrected chi connectivity index (χ3v) is 5.28. The van der Waals surface area contributed by atoms with Gasteiger partial charge >= 0.3 is 11.8 Å². The van der Waals surface area contributed by atoms with Gasteiger partial charge in [-0.3, -0.25) is 24.5 Å². The van der Waals surface area contributed by atoms with Crippen LogP contribution in [0, 0.1) is 17.0 Å². The summed E-state index contributed by atoms with van der Waals surface area (Å²) in [6.45, 7) is 0.794. The molecule has 1 aromatic carbocycles. The number of H-pyrrole nitrogens is 1. The number of nitrogens with one attached hydrogen (secondary N) is 1. The monoisotopic (exact) mass is 469 g/mol. The van der Waals surface area contributed by atoms with Crippen molar-refractivity contribution in [2.24, 2.45) is 0 Å². The molecule has 3 rings (SSSR count). The third kappa shape index (κ3) is 5.15. The number of hydrogen-bond donors (Lipinski definition) is 2. The van der Waals surface area contributed by atoms with Gasteiger partial charge in [0.15, 0.2) is 0 Å². The van der Waals surface area contributed by atoms with Crippen molar-refractivity contribution in [3.05, 3.63) is 71.5 Å². The van der Waals surface area contributed by atoms with Gasteiger partial charge in [-0.1, -0.05) is 17.7 Å². The Hall–Kier alpha value is -3.22. The Labute approximate surface area is 185 Å². The molecule has 2 N–H and O–H groups in total. The zero-order valence-electron chi connectivity index (χ0n) is 16.9. The number of halogens is 1. The van der Waals surface area contributed by atoms with Gasteiger partial charge in [0.25, 0.3) is 11.2 Å². The van der Waals surface area contributed by atoms with Crippen molar-refractivity contribution < 1.29 is 29.0 Å². The molecule has 2 heterocycles. The minimum absolute atomic E-state index is 0.00957. The number of aliphatic hydroxyl groups excluding tert-OH is 1. The topological polar surface area (TPSA) is 163 Å². The predicted molar refractivity (Wildman–Crippen MR) is 110 cm³/mol. The highest BCUT2D eigenvalue weighted by atomic mass is 35.5. The molecule has 172 valence electrons. The van der Waals surface area contributed by atoms with E-state index >= 15 is 0 Å². The lowest BCUT2D eigenvalue weighted by Gasteiger charge is -2.16. The molecule has 12 nitrogen and oxygen atoms in total. The van der Waals surface area contributed by atoms with E-state index in [1.165, 1.54) is 31.3 Å². The normalized spacial score (nSPS) is 20.2. The molecule has 0 bridgehead atoms. The molecule has 1 saturated heterocycles. The SMILES string of the molecule is Cc1cn([C@H]2CC(OC(=O)OCCc3c(Cl)cccc3[N+](=O)[O-])[C@@H](CO)O2)c(=O)[nH]c1=O. The Balaban J connectivity index is 1.61. The van der Waals surface area contributed by atoms with E-state index in [2.05, 4.69) is 4.98 Å². The summed E-state index contributed by atoms with van der Waals surface area (Å²) in [6.07, 6.45) is -2.46. The highest BCUT2D eigenvalue weighted by Crippen LogP contribution is 2.30. The Kier molecular flexibility index (Phi) is 7.28. The zero-order valence-corrected chi connectivity index (χ0v) is 17.6. The summed E-state index contributed by atoms with van der Waals surface area (Å²) in [4.78, 5) is 48.4. The maximum atomic E-state index is 12.1. The van der Waals surface area contributed by atoms with E-state index in [1.54, 1.807) is 0 Å². The maximum Gasteiger partial charge on any atom is 0.508 e. The van der Waals surface area contributed by atoms with E-state index in [0.717, 1.165) is 4.57 Å². The molecule has 1 fully saturated rings. The molecule has 1 aliphatic rings. The summed E-state index contributed by atoms with van der Waals surface area (Å²) in [5.74, 6) is 0. The Morgan fingerprint density at radius 3 is 2.88 bits per heavy atom. The van der Waals surface area contributed by atoms with E-state index in [1.807, 2.05) is 0 Å². The molecule has 32 heavy (non-hydrogen) atoms. The van der Waals surface area contributed by atoms with Crippen LogP contribution in [-0.2, 0) is 20.6 Å². The van der Waals surface area contributed by atoms with Crippen LogP contribution in [0.3, 0.4) is 0 Å². The number of hydrogen-bond acceptors (Lipinski definition) is 9. The second kappa shape index (κ2) is 9.94. The Morgan fingerprint density at radius 2 is 2.19 bits per heavy atom. The Morgan fingerprint density at radius 1 is 1.44 bits per heavy atom. The molecule has 1 aliphatic heterocycles. The predicted octanol–water partition coefficient (Wildman–Crippen LogP) is 1.45. The van der Waals surface area contributed by atoms with Crippen LogP contribution in [0.5, 0.6) is 0 Å². The first-order chi connectivity index (χ1) is 15.2. The van der Waals surface area contributed by atoms with Crippen LogP contribution in [0.1, 0.15) is 23.8 Å². The van der Waals surface area contributed by atoms with Crippen molar-refractivity contribution in [3.63, 3.8) is 0 Å². The summed E-state index contributed by atoms with van der Waals surface area (Å²) in [5.41, 5.74) is -0.920. The molecule has 3 atom stereocenters. The third-order valence-electron chi connectivity index (χ3n) is 4.93. The summed E-state index contributed by atoms with van der Waals surface area (Å²) < 4.78 is 16.9. The van der Waals surface area contributed by atoms with Crippen molar-refractivity contribution in [2.45, 2.75) is 38.2 Å². The van der Waals surface area contributed by atoms with E-state index in [-0.39, 0.29) is 41.3 Å². The van der Waals surface area contributed by atoms with E-state index in [9.17, 15) is 29.6 Å². The van der Waals surface area contributed by atoms with E-state index in [0.29, 0.717) is 0 Å². The number of carbonyl (C=O) groups excluding carboxylic acids is 1. The van der Waals surface area contributed by atoms with Crippen molar-refractivity contribution in [2.75, 3.05) is 13.2 Å². The molecule has 0 saturated carbocycles. The number of benzene rings is 1. The van der Waals surface area contributed by atoms with Crippen LogP contribution in [0.4, 0.5) is 10.5 Å². The molecule has 0 aliphatic carbocycles. The summed E-state index contributed by atoms with van der Waals surface area (Å²) >= 11 is 6.00. The molecule has 0 amide bonds. The van der Waals surface area contributed by atoms with Gasteiger partial charge in [-0.05, 0) is 13.0 Å². The number of aryl methyl sites for hydroxylation is 1. The van der Waals surface area contributed by atoms with Gasteiger partial charge in [0, 0.05) is 30.7 Å². The number of carbonyl (C=O) groups is 1. The number of ether oxygens (including phenoxy) is 3. The maximum absolute atomic E-state index is 12.1. The Bertz CT molecular complexity index is 1130. The second-order valence-electron chi connectivity index (χ2n) is 7.03. The van der Waals surface area contributed by atoms with Gasteiger partial charge in [-0.25, -0.2) is 9.59 Å². The number of rotatable bonds is 7. The number of aliphatic hydroxyl groups is 1. The first-order valence-electron chi connectivity index (χ1n) is 9.54. The van der Waals surface area contributed by atoms with Crippen molar-refractivity contribution in [1.82, 2.24) is 9.55 Å². The molecular formula is C19H20ClN3O9. The van der Waals surface area contributed by atoms with Crippen LogP contribution in [-0.4, -0.2) is 51.2 Å². The lowest BCUT2D eigenvalue weighted by molar-refractivity contribution is -0.385. The van der Waals surface area contributed by atoms with Gasteiger partial charge in [0.2, 0.25) is 0 Å². The fraction of sp³-hybridized carbons (Fsp3) is 0.421. The summed E-state index contributed by atoms with van der Waals surface area (Å²) in [5, 5.41) is 20.8. The van der Waals surface area contributed by atoms with Crippen LogP contribution >= 0.6 is 11.6 Å². The lowest BCUT2D eigenvalue weighted by atomic mass is 10.1. The molecular weight excluding hydrogens is 450 g/mol. The van der Waals surface area contributed by atoms with Gasteiger partial charge in [-0.15, -0.1) is 0 Å². The highest BCUT2D eigenvalue weighted by Gasteiger charge is 2.39. The molecule has 2 aromatic rings. The molecule has 0 radical (unpaired) electrons. The first-order valence-corrected chi connectivity index (χ1v) is 9.92. The minimum atomic E-state index is -1.07. The van der Waals surface area contributed by atoms with Crippen LogP contribution < -0.4 is 11.2 Å². The second-order valence-corrected chi connectivity index (χ2v) is 7.43. The van der Waals surface area contributed by atoms with Gasteiger partial charge < -0.3 is 19.3 Å². The number of aromatic nitrogens is 2. The molecule has 0 spiro atoms. The van der Waals surface area contributed by atoms with Crippen LogP contribution in [0.25, 0.3) is 0 Å². The van der Waals surface area contributed by atoms with Gasteiger partial charge in [-0.2, -0.15) is 0 Å². The average molecular weight is 470 g/mol. The van der Waals surface area contributed by atoms with Gasteiger partial charge in [0.1, 0.15) is 18.4 Å². The van der Waals surface area contributed by atoms with Crippen LogP contribution in [0.15, 0.2) is 34.0 Å². The molecule has 13 heteroatoms. The number of nitro benzene ring substituents is 1. The molecule has 1 unspecified atom stereocenters. The molecule has 1 aromatic heterocycles. The zero-order chi connectivity index (χ0) is 23.4. The van der Waals surface area contributed by atoms with Crippen molar-refractivity contribution in [3.8, 4) is 0 Å². The lowest BCUT2D eigenvalue weighted by Crippen LogP contribution is -2.33. The fourth-order valence-corrected chi connectivity index (χ4v) is 3.58. The van der Waals surface area contributed by atoms with E-state index in [4.69, 9.17) is 25.8 Å². The highest BCUT2D eigenvalue weighted by molar-refractivity contribution is 6.31. The number of nitrogens with zero attached hydrogens (tertiary/aromatic N) is 2. The quantitative estimate of drug-likeness (QED) is 0.347. The minimum Gasteiger partial charge on any atom is -0.434 e. The average Bonchev–Trinajstić information content (AvgIpc) is 3.14.